The molecule has 0 saturated heterocycles. The molecule has 0 aliphatic heterocycles. The van der Waals surface area contributed by atoms with Gasteiger partial charge in [0, 0.05) is 12.5 Å². The Morgan fingerprint density at radius 2 is 1.80 bits per heavy atom. The Morgan fingerprint density at radius 3 is 2.27 bits per heavy atom. The Balaban J connectivity index is 2.97. The van der Waals surface area contributed by atoms with Crippen LogP contribution < -0.4 is 0 Å². The van der Waals surface area contributed by atoms with Crippen molar-refractivity contribution >= 4 is 11.6 Å². The van der Waals surface area contributed by atoms with Gasteiger partial charge in [-0.3, -0.25) is 4.57 Å². The van der Waals surface area contributed by atoms with Crippen molar-refractivity contribution in [2.45, 2.75) is 53.0 Å². The summed E-state index contributed by atoms with van der Waals surface area (Å²) in [6.45, 7) is 8.71. The highest BCUT2D eigenvalue weighted by molar-refractivity contribution is 6.28. The molecular formula is C11H20ClN3. The number of aryl methyl sites for hydroxylation is 1. The molecular weight excluding hydrogens is 210 g/mol. The summed E-state index contributed by atoms with van der Waals surface area (Å²) in [5.41, 5.74) is 0. The van der Waals surface area contributed by atoms with Gasteiger partial charge in [-0.1, -0.05) is 33.6 Å². The quantitative estimate of drug-likeness (QED) is 0.774. The van der Waals surface area contributed by atoms with Gasteiger partial charge >= 0.3 is 0 Å². The van der Waals surface area contributed by atoms with Crippen molar-refractivity contribution in [3.63, 3.8) is 0 Å². The van der Waals surface area contributed by atoms with E-state index in [0.29, 0.717) is 17.2 Å². The number of hydrogen-bond acceptors (Lipinski definition) is 2. The second-order valence-electron chi connectivity index (χ2n) is 3.93. The Bertz CT molecular complexity index is 305. The van der Waals surface area contributed by atoms with Gasteiger partial charge in [0.15, 0.2) is 0 Å². The maximum atomic E-state index is 6.07. The average Bonchev–Trinajstić information content (AvgIpc) is 2.61. The van der Waals surface area contributed by atoms with Gasteiger partial charge in [-0.15, -0.1) is 10.2 Å². The molecule has 1 unspecified atom stereocenters. The molecule has 0 aromatic carbocycles. The van der Waals surface area contributed by atoms with E-state index in [-0.39, 0.29) is 0 Å². The molecule has 0 N–H and O–H groups in total. The number of hydrogen-bond donors (Lipinski definition) is 0. The van der Waals surface area contributed by atoms with Crippen LogP contribution in [0.5, 0.6) is 0 Å². The van der Waals surface area contributed by atoms with Crippen LogP contribution in [-0.4, -0.2) is 14.8 Å². The van der Waals surface area contributed by atoms with Crippen LogP contribution in [0.3, 0.4) is 0 Å². The Labute approximate surface area is 96.8 Å². The molecule has 1 aromatic heterocycles. The summed E-state index contributed by atoms with van der Waals surface area (Å²) in [6.07, 6.45) is 3.20. The van der Waals surface area contributed by atoms with Crippen LogP contribution in [0, 0.1) is 5.92 Å². The molecule has 4 heteroatoms. The minimum Gasteiger partial charge on any atom is -0.299 e. The first-order valence-electron chi connectivity index (χ1n) is 5.74. The van der Waals surface area contributed by atoms with Crippen LogP contribution in [0.1, 0.15) is 52.4 Å². The van der Waals surface area contributed by atoms with Crippen molar-refractivity contribution in [2.24, 2.45) is 5.92 Å². The van der Waals surface area contributed by atoms with Crippen LogP contribution in [0.4, 0.5) is 0 Å². The second-order valence-corrected chi connectivity index (χ2v) is 4.26. The first-order chi connectivity index (χ1) is 7.15. The van der Waals surface area contributed by atoms with Gasteiger partial charge in [0.05, 0.1) is 0 Å². The van der Waals surface area contributed by atoms with Gasteiger partial charge in [0.25, 0.3) is 0 Å². The molecule has 0 aliphatic rings. The molecule has 0 spiro atoms. The number of nitrogens with zero attached hydrogens (tertiary/aromatic N) is 3. The van der Waals surface area contributed by atoms with Crippen molar-refractivity contribution in [3.8, 4) is 0 Å². The van der Waals surface area contributed by atoms with E-state index in [9.17, 15) is 0 Å². The van der Waals surface area contributed by atoms with Crippen molar-refractivity contribution in [1.29, 1.82) is 0 Å². The van der Waals surface area contributed by atoms with Crippen molar-refractivity contribution in [1.82, 2.24) is 14.8 Å². The molecule has 0 fully saturated rings. The minimum absolute atomic E-state index is 0.387. The van der Waals surface area contributed by atoms with Crippen molar-refractivity contribution < 1.29 is 0 Å². The van der Waals surface area contributed by atoms with Gasteiger partial charge in [-0.05, 0) is 24.4 Å². The standard InChI is InChI=1S/C11H20ClN3/c1-5-9(6-2)8(4)15-10(7-3)13-14-11(15)12/h8-9H,5-7H2,1-4H3. The maximum absolute atomic E-state index is 6.07. The van der Waals surface area contributed by atoms with Crippen LogP contribution in [0.15, 0.2) is 0 Å². The Hall–Kier alpha value is -0.570. The van der Waals surface area contributed by atoms with Crippen LogP contribution in [0.25, 0.3) is 0 Å². The van der Waals surface area contributed by atoms with E-state index in [1.807, 2.05) is 0 Å². The number of aromatic nitrogens is 3. The van der Waals surface area contributed by atoms with Crippen molar-refractivity contribution in [3.05, 3.63) is 11.1 Å². The maximum Gasteiger partial charge on any atom is 0.225 e. The highest BCUT2D eigenvalue weighted by Crippen LogP contribution is 2.27. The lowest BCUT2D eigenvalue weighted by Crippen LogP contribution is -2.18. The molecule has 0 bridgehead atoms. The molecule has 1 aromatic rings. The van der Waals surface area contributed by atoms with Gasteiger partial charge < -0.3 is 0 Å². The van der Waals surface area contributed by atoms with E-state index in [4.69, 9.17) is 11.6 Å². The fourth-order valence-corrected chi connectivity index (χ4v) is 2.42. The highest BCUT2D eigenvalue weighted by Gasteiger charge is 2.20. The van der Waals surface area contributed by atoms with E-state index < -0.39 is 0 Å². The van der Waals surface area contributed by atoms with Gasteiger partial charge in [0.2, 0.25) is 5.28 Å². The summed E-state index contributed by atoms with van der Waals surface area (Å²) in [5, 5.41) is 8.54. The second kappa shape index (κ2) is 5.50. The van der Waals surface area contributed by atoms with E-state index in [1.54, 1.807) is 0 Å². The fraction of sp³-hybridized carbons (Fsp3) is 0.818. The zero-order chi connectivity index (χ0) is 11.4. The molecule has 0 saturated carbocycles. The van der Waals surface area contributed by atoms with Crippen LogP contribution >= 0.6 is 11.6 Å². The van der Waals surface area contributed by atoms with E-state index >= 15 is 0 Å². The summed E-state index contributed by atoms with van der Waals surface area (Å²) in [5.74, 6) is 1.63. The summed E-state index contributed by atoms with van der Waals surface area (Å²) in [6, 6.07) is 0.387. The van der Waals surface area contributed by atoms with E-state index in [1.165, 1.54) is 0 Å². The Morgan fingerprint density at radius 1 is 1.20 bits per heavy atom. The minimum atomic E-state index is 0.387. The molecule has 86 valence electrons. The zero-order valence-electron chi connectivity index (χ0n) is 10.00. The molecule has 1 atom stereocenters. The SMILES string of the molecule is CCc1nnc(Cl)n1C(C)C(CC)CC. The Kier molecular flexibility index (Phi) is 4.58. The summed E-state index contributed by atoms with van der Waals surface area (Å²) < 4.78 is 2.07. The van der Waals surface area contributed by atoms with Gasteiger partial charge in [-0.2, -0.15) is 0 Å². The molecule has 0 radical (unpaired) electrons. The van der Waals surface area contributed by atoms with Crippen LogP contribution in [0.2, 0.25) is 5.28 Å². The predicted octanol–water partition coefficient (Wildman–Crippen LogP) is 3.49. The molecule has 15 heavy (non-hydrogen) atoms. The third-order valence-corrected chi connectivity index (χ3v) is 3.44. The topological polar surface area (TPSA) is 30.7 Å². The average molecular weight is 230 g/mol. The van der Waals surface area contributed by atoms with Crippen LogP contribution in [-0.2, 0) is 6.42 Å². The lowest BCUT2D eigenvalue weighted by Gasteiger charge is -2.24. The molecule has 3 nitrogen and oxygen atoms in total. The first kappa shape index (κ1) is 12.5. The normalized spacial score (nSPS) is 13.5. The van der Waals surface area contributed by atoms with Gasteiger partial charge in [-0.25, -0.2) is 0 Å². The summed E-state index contributed by atoms with van der Waals surface area (Å²) in [7, 11) is 0. The van der Waals surface area contributed by atoms with E-state index in [2.05, 4.69) is 42.5 Å². The first-order valence-corrected chi connectivity index (χ1v) is 6.12. The summed E-state index contributed by atoms with van der Waals surface area (Å²) in [4.78, 5) is 0. The van der Waals surface area contributed by atoms with Gasteiger partial charge in [0.1, 0.15) is 5.82 Å². The molecule has 0 amide bonds. The predicted molar refractivity (Wildman–Crippen MR) is 63.2 cm³/mol. The molecule has 1 rings (SSSR count). The molecule has 0 aliphatic carbocycles. The smallest absolute Gasteiger partial charge is 0.225 e. The largest absolute Gasteiger partial charge is 0.299 e. The number of halogens is 1. The fourth-order valence-electron chi connectivity index (χ4n) is 2.13. The summed E-state index contributed by atoms with van der Waals surface area (Å²) >= 11 is 6.07. The monoisotopic (exact) mass is 229 g/mol. The van der Waals surface area contributed by atoms with Crippen molar-refractivity contribution in [2.75, 3.05) is 0 Å². The highest BCUT2D eigenvalue weighted by atomic mass is 35.5. The van der Waals surface area contributed by atoms with E-state index in [0.717, 1.165) is 25.1 Å². The third kappa shape index (κ3) is 2.51. The third-order valence-electron chi connectivity index (χ3n) is 3.18. The number of rotatable bonds is 5. The lowest BCUT2D eigenvalue weighted by molar-refractivity contribution is 0.327. The zero-order valence-corrected chi connectivity index (χ0v) is 10.8. The molecule has 1 heterocycles. The lowest BCUT2D eigenvalue weighted by atomic mass is 9.95.